The molecule has 0 fully saturated rings. The second-order valence-electron chi connectivity index (χ2n) is 5.11. The Bertz CT molecular complexity index is 861. The van der Waals surface area contributed by atoms with E-state index in [2.05, 4.69) is 15.1 Å². The topological polar surface area (TPSA) is 118 Å². The Morgan fingerprint density at radius 2 is 2.28 bits per heavy atom. The fraction of sp³-hybridized carbons (Fsp3) is 0.267. The molecule has 0 spiro atoms. The minimum Gasteiger partial charge on any atom is -0.490 e. The Hall–Kier alpha value is -3.43. The van der Waals surface area contributed by atoms with E-state index in [4.69, 9.17) is 14.0 Å². The highest BCUT2D eigenvalue weighted by Gasteiger charge is 2.17. The van der Waals surface area contributed by atoms with Gasteiger partial charge in [-0.05, 0) is 13.0 Å². The highest BCUT2D eigenvalue weighted by atomic mass is 16.6. The van der Waals surface area contributed by atoms with Gasteiger partial charge >= 0.3 is 5.69 Å². The van der Waals surface area contributed by atoms with Gasteiger partial charge in [-0.3, -0.25) is 10.1 Å². The van der Waals surface area contributed by atoms with Gasteiger partial charge in [0.25, 0.3) is 5.89 Å². The number of aromatic nitrogens is 4. The summed E-state index contributed by atoms with van der Waals surface area (Å²) in [6.45, 7) is 1.95. The van der Waals surface area contributed by atoms with Gasteiger partial charge in [-0.15, -0.1) is 0 Å². The lowest BCUT2D eigenvalue weighted by atomic mass is 10.3. The van der Waals surface area contributed by atoms with Crippen LogP contribution in [-0.4, -0.2) is 31.7 Å². The molecular formula is C15H15N5O5. The quantitative estimate of drug-likeness (QED) is 0.473. The van der Waals surface area contributed by atoms with Crippen LogP contribution in [0.4, 0.5) is 5.69 Å². The summed E-state index contributed by atoms with van der Waals surface area (Å²) in [6.07, 6.45) is 5.14. The summed E-state index contributed by atoms with van der Waals surface area (Å²) in [5, 5.41) is 14.8. The Morgan fingerprint density at radius 1 is 1.44 bits per heavy atom. The van der Waals surface area contributed by atoms with Crippen molar-refractivity contribution in [2.45, 2.75) is 19.6 Å². The molecule has 25 heavy (non-hydrogen) atoms. The second-order valence-corrected chi connectivity index (χ2v) is 5.11. The largest absolute Gasteiger partial charge is 0.490 e. The van der Waals surface area contributed by atoms with Crippen LogP contribution in [0.3, 0.4) is 0 Å². The van der Waals surface area contributed by atoms with Crippen molar-refractivity contribution >= 4 is 5.69 Å². The van der Waals surface area contributed by atoms with E-state index in [0.29, 0.717) is 17.5 Å². The SMILES string of the molecule is COc1cc(OCc2nc(C(C)n3ccnc3)no2)ccc1[N+](=O)[O-]. The maximum atomic E-state index is 10.9. The normalized spacial score (nSPS) is 11.9. The lowest BCUT2D eigenvalue weighted by molar-refractivity contribution is -0.385. The summed E-state index contributed by atoms with van der Waals surface area (Å²) in [5.41, 5.74) is -0.135. The van der Waals surface area contributed by atoms with Crippen LogP contribution < -0.4 is 9.47 Å². The molecule has 0 saturated carbocycles. The number of benzene rings is 1. The van der Waals surface area contributed by atoms with Gasteiger partial charge < -0.3 is 18.6 Å². The smallest absolute Gasteiger partial charge is 0.311 e. The van der Waals surface area contributed by atoms with Crippen LogP contribution in [0, 0.1) is 10.1 Å². The minimum atomic E-state index is -0.523. The number of hydrogen-bond acceptors (Lipinski definition) is 8. The van der Waals surface area contributed by atoms with Crippen molar-refractivity contribution in [3.8, 4) is 11.5 Å². The zero-order valence-electron chi connectivity index (χ0n) is 13.5. The van der Waals surface area contributed by atoms with Gasteiger partial charge in [0.15, 0.2) is 12.4 Å². The van der Waals surface area contributed by atoms with E-state index in [-0.39, 0.29) is 24.1 Å². The highest BCUT2D eigenvalue weighted by Crippen LogP contribution is 2.31. The predicted molar refractivity (Wildman–Crippen MR) is 84.3 cm³/mol. The number of methoxy groups -OCH3 is 1. The van der Waals surface area contributed by atoms with Gasteiger partial charge in [0.1, 0.15) is 5.75 Å². The third-order valence-electron chi connectivity index (χ3n) is 3.54. The van der Waals surface area contributed by atoms with E-state index in [1.54, 1.807) is 18.7 Å². The second kappa shape index (κ2) is 6.99. The summed E-state index contributed by atoms with van der Waals surface area (Å²) < 4.78 is 17.5. The summed E-state index contributed by atoms with van der Waals surface area (Å²) in [7, 11) is 1.36. The number of nitrogens with zero attached hydrogens (tertiary/aromatic N) is 5. The van der Waals surface area contributed by atoms with Crippen molar-refractivity contribution in [1.29, 1.82) is 0 Å². The number of imidazole rings is 1. The van der Waals surface area contributed by atoms with Gasteiger partial charge in [0.2, 0.25) is 5.75 Å². The van der Waals surface area contributed by atoms with E-state index in [1.807, 2.05) is 11.5 Å². The van der Waals surface area contributed by atoms with Crippen molar-refractivity contribution in [2.24, 2.45) is 0 Å². The van der Waals surface area contributed by atoms with Crippen molar-refractivity contribution in [3.63, 3.8) is 0 Å². The maximum absolute atomic E-state index is 10.9. The van der Waals surface area contributed by atoms with Crippen molar-refractivity contribution in [2.75, 3.05) is 7.11 Å². The number of nitro groups is 1. The molecule has 0 aliphatic rings. The predicted octanol–water partition coefficient (Wildman–Crippen LogP) is 2.37. The molecule has 1 aromatic carbocycles. The molecule has 3 aromatic rings. The minimum absolute atomic E-state index is 0.0324. The van der Waals surface area contributed by atoms with Gasteiger partial charge in [-0.25, -0.2) is 4.98 Å². The molecule has 0 radical (unpaired) electrons. The molecule has 130 valence electrons. The van der Waals surface area contributed by atoms with E-state index in [1.165, 1.54) is 25.3 Å². The number of ether oxygens (including phenoxy) is 2. The van der Waals surface area contributed by atoms with Gasteiger partial charge in [0, 0.05) is 24.5 Å². The molecule has 1 atom stereocenters. The first kappa shape index (κ1) is 16.4. The zero-order valence-corrected chi connectivity index (χ0v) is 13.5. The molecule has 0 aliphatic carbocycles. The van der Waals surface area contributed by atoms with Crippen LogP contribution in [0.5, 0.6) is 11.5 Å². The third kappa shape index (κ3) is 3.57. The third-order valence-corrected chi connectivity index (χ3v) is 3.54. The average molecular weight is 345 g/mol. The van der Waals surface area contributed by atoms with E-state index in [9.17, 15) is 10.1 Å². The van der Waals surface area contributed by atoms with Crippen LogP contribution in [-0.2, 0) is 6.61 Å². The van der Waals surface area contributed by atoms with E-state index < -0.39 is 4.92 Å². The Labute approximate surface area is 142 Å². The van der Waals surface area contributed by atoms with Gasteiger partial charge in [-0.2, -0.15) is 4.98 Å². The summed E-state index contributed by atoms with van der Waals surface area (Å²) in [5.74, 6) is 1.30. The molecule has 3 rings (SSSR count). The molecule has 10 heteroatoms. The fourth-order valence-electron chi connectivity index (χ4n) is 2.17. The fourth-order valence-corrected chi connectivity index (χ4v) is 2.17. The first-order chi connectivity index (χ1) is 12.1. The molecule has 0 N–H and O–H groups in total. The lowest BCUT2D eigenvalue weighted by Crippen LogP contribution is -2.06. The van der Waals surface area contributed by atoms with Crippen molar-refractivity contribution in [3.05, 3.63) is 58.7 Å². The highest BCUT2D eigenvalue weighted by molar-refractivity contribution is 5.50. The van der Waals surface area contributed by atoms with Crippen molar-refractivity contribution in [1.82, 2.24) is 19.7 Å². The van der Waals surface area contributed by atoms with Gasteiger partial charge in [-0.1, -0.05) is 5.16 Å². The molecule has 10 nitrogen and oxygen atoms in total. The van der Waals surface area contributed by atoms with Crippen LogP contribution in [0.25, 0.3) is 0 Å². The number of nitro benzene ring substituents is 1. The molecule has 0 bridgehead atoms. The monoisotopic (exact) mass is 345 g/mol. The summed E-state index contributed by atoms with van der Waals surface area (Å²) in [4.78, 5) is 18.6. The van der Waals surface area contributed by atoms with Crippen LogP contribution in [0.15, 0.2) is 41.4 Å². The molecule has 2 heterocycles. The molecule has 1 unspecified atom stereocenters. The first-order valence-corrected chi connectivity index (χ1v) is 7.33. The zero-order chi connectivity index (χ0) is 17.8. The van der Waals surface area contributed by atoms with Crippen LogP contribution in [0.1, 0.15) is 24.7 Å². The molecule has 0 saturated heterocycles. The van der Waals surface area contributed by atoms with Crippen LogP contribution in [0.2, 0.25) is 0 Å². The Kier molecular flexibility index (Phi) is 4.59. The lowest BCUT2D eigenvalue weighted by Gasteiger charge is -2.07. The number of hydrogen-bond donors (Lipinski definition) is 0. The van der Waals surface area contributed by atoms with Crippen LogP contribution >= 0.6 is 0 Å². The summed E-state index contributed by atoms with van der Waals surface area (Å²) >= 11 is 0. The molecule has 0 aliphatic heterocycles. The Balaban J connectivity index is 1.67. The molecular weight excluding hydrogens is 330 g/mol. The maximum Gasteiger partial charge on any atom is 0.311 e. The van der Waals surface area contributed by atoms with Gasteiger partial charge in [0.05, 0.1) is 24.4 Å². The van der Waals surface area contributed by atoms with Crippen molar-refractivity contribution < 1.29 is 18.9 Å². The number of rotatable bonds is 7. The summed E-state index contributed by atoms with van der Waals surface area (Å²) in [6, 6.07) is 4.10. The molecule has 2 aromatic heterocycles. The Morgan fingerprint density at radius 3 is 2.96 bits per heavy atom. The molecule has 0 amide bonds. The average Bonchev–Trinajstić information content (AvgIpc) is 3.30. The van der Waals surface area contributed by atoms with E-state index >= 15 is 0 Å². The first-order valence-electron chi connectivity index (χ1n) is 7.33. The standard InChI is InChI=1S/C15H15N5O5/c1-10(19-6-5-16-9-19)15-17-14(25-18-15)8-24-11-3-4-12(20(21)22)13(7-11)23-2/h3-7,9-10H,8H2,1-2H3. The van der Waals surface area contributed by atoms with E-state index in [0.717, 1.165) is 0 Å².